The number of nitrogens with zero attached hydrogens (tertiary/aromatic N) is 1. The molecule has 1 aromatic heterocycles. The molecule has 28 heavy (non-hydrogen) atoms. The largest absolute Gasteiger partial charge is 0.319 e. The minimum Gasteiger partial charge on any atom is -0.319 e. The molecule has 0 atom stereocenters. The van der Waals surface area contributed by atoms with Gasteiger partial charge in [-0.3, -0.25) is 9.52 Å². The highest BCUT2D eigenvalue weighted by molar-refractivity contribution is 7.92. The SMILES string of the molecule is O=C(Nc1cccnc1Cl)c1ccc(Cl)cc1NS(=O)(=O)c1ccc(Cl)cc1. The molecule has 1 amide bonds. The van der Waals surface area contributed by atoms with Crippen LogP contribution in [0.25, 0.3) is 0 Å². The van der Waals surface area contributed by atoms with Gasteiger partial charge in [0.1, 0.15) is 0 Å². The lowest BCUT2D eigenvalue weighted by Gasteiger charge is -2.14. The van der Waals surface area contributed by atoms with Crippen molar-refractivity contribution in [2.45, 2.75) is 4.90 Å². The lowest BCUT2D eigenvalue weighted by molar-refractivity contribution is 0.102. The Hall–Kier alpha value is -2.32. The molecular formula is C18H12Cl3N3O3S. The number of sulfonamides is 1. The quantitative estimate of drug-likeness (QED) is 0.523. The van der Waals surface area contributed by atoms with Crippen molar-refractivity contribution in [3.8, 4) is 0 Å². The van der Waals surface area contributed by atoms with Gasteiger partial charge in [-0.15, -0.1) is 0 Å². The second kappa shape index (κ2) is 8.36. The number of halogens is 3. The predicted molar refractivity (Wildman–Crippen MR) is 111 cm³/mol. The molecule has 1 heterocycles. The van der Waals surface area contributed by atoms with E-state index in [-0.39, 0.29) is 32.0 Å². The second-order valence-corrected chi connectivity index (χ2v) is 8.46. The zero-order valence-corrected chi connectivity index (χ0v) is 17.1. The minimum atomic E-state index is -3.97. The summed E-state index contributed by atoms with van der Waals surface area (Å²) in [5, 5.41) is 3.35. The van der Waals surface area contributed by atoms with Crippen LogP contribution in [0.5, 0.6) is 0 Å². The molecule has 3 rings (SSSR count). The highest BCUT2D eigenvalue weighted by Gasteiger charge is 2.20. The molecule has 0 aliphatic rings. The summed E-state index contributed by atoms with van der Waals surface area (Å²) in [4.78, 5) is 16.5. The Balaban J connectivity index is 1.93. The Kier molecular flexibility index (Phi) is 6.10. The summed E-state index contributed by atoms with van der Waals surface area (Å²) in [6.07, 6.45) is 1.48. The van der Waals surface area contributed by atoms with Gasteiger partial charge in [-0.25, -0.2) is 13.4 Å². The van der Waals surface area contributed by atoms with E-state index in [1.165, 1.54) is 48.7 Å². The summed E-state index contributed by atoms with van der Waals surface area (Å²) in [6, 6.07) is 13.0. The van der Waals surface area contributed by atoms with Crippen molar-refractivity contribution in [1.82, 2.24) is 4.98 Å². The van der Waals surface area contributed by atoms with Crippen LogP contribution in [0.2, 0.25) is 15.2 Å². The summed E-state index contributed by atoms with van der Waals surface area (Å²) in [5.74, 6) is -0.583. The molecule has 0 saturated carbocycles. The average Bonchev–Trinajstić information content (AvgIpc) is 2.63. The molecule has 0 saturated heterocycles. The summed E-state index contributed by atoms with van der Waals surface area (Å²) >= 11 is 17.7. The number of carbonyl (C=O) groups excluding carboxylic acids is 1. The summed E-state index contributed by atoms with van der Waals surface area (Å²) < 4.78 is 27.7. The molecule has 0 unspecified atom stereocenters. The molecule has 6 nitrogen and oxygen atoms in total. The van der Waals surface area contributed by atoms with Gasteiger partial charge in [-0.05, 0) is 54.6 Å². The van der Waals surface area contributed by atoms with Crippen molar-refractivity contribution in [3.63, 3.8) is 0 Å². The molecule has 2 aromatic carbocycles. The molecule has 3 aromatic rings. The van der Waals surface area contributed by atoms with Gasteiger partial charge < -0.3 is 5.32 Å². The van der Waals surface area contributed by atoms with Crippen molar-refractivity contribution in [2.24, 2.45) is 0 Å². The number of benzene rings is 2. The fourth-order valence-electron chi connectivity index (χ4n) is 2.29. The fraction of sp³-hybridized carbons (Fsp3) is 0. The van der Waals surface area contributed by atoms with Gasteiger partial charge in [-0.1, -0.05) is 34.8 Å². The molecule has 2 N–H and O–H groups in total. The summed E-state index contributed by atoms with van der Waals surface area (Å²) in [7, 11) is -3.97. The van der Waals surface area contributed by atoms with Gasteiger partial charge >= 0.3 is 0 Å². The zero-order valence-electron chi connectivity index (χ0n) is 14.0. The Morgan fingerprint density at radius 3 is 2.25 bits per heavy atom. The highest BCUT2D eigenvalue weighted by Crippen LogP contribution is 2.26. The monoisotopic (exact) mass is 455 g/mol. The van der Waals surface area contributed by atoms with Crippen LogP contribution in [0.3, 0.4) is 0 Å². The maximum atomic E-state index is 12.7. The smallest absolute Gasteiger partial charge is 0.261 e. The van der Waals surface area contributed by atoms with Gasteiger partial charge in [0.25, 0.3) is 15.9 Å². The third-order valence-electron chi connectivity index (χ3n) is 3.60. The van der Waals surface area contributed by atoms with Crippen LogP contribution < -0.4 is 10.0 Å². The van der Waals surface area contributed by atoms with Crippen LogP contribution in [0.1, 0.15) is 10.4 Å². The molecule has 0 fully saturated rings. The lowest BCUT2D eigenvalue weighted by Crippen LogP contribution is -2.19. The number of rotatable bonds is 5. The molecule has 144 valence electrons. The van der Waals surface area contributed by atoms with Crippen molar-refractivity contribution >= 4 is 62.1 Å². The van der Waals surface area contributed by atoms with E-state index in [0.29, 0.717) is 5.02 Å². The van der Waals surface area contributed by atoms with Crippen LogP contribution in [0, 0.1) is 0 Å². The fourth-order valence-corrected chi connectivity index (χ4v) is 3.82. The number of pyridine rings is 1. The number of carbonyl (C=O) groups is 1. The second-order valence-electron chi connectivity index (χ2n) is 5.55. The normalized spacial score (nSPS) is 11.1. The number of hydrogen-bond acceptors (Lipinski definition) is 4. The van der Waals surface area contributed by atoms with Gasteiger partial charge in [0.2, 0.25) is 0 Å². The van der Waals surface area contributed by atoms with E-state index in [0.717, 1.165) is 0 Å². The van der Waals surface area contributed by atoms with Gasteiger partial charge in [-0.2, -0.15) is 0 Å². The minimum absolute atomic E-state index is 0.0139. The molecular weight excluding hydrogens is 445 g/mol. The van der Waals surface area contributed by atoms with Crippen molar-refractivity contribution < 1.29 is 13.2 Å². The van der Waals surface area contributed by atoms with Crippen LogP contribution in [-0.4, -0.2) is 19.3 Å². The van der Waals surface area contributed by atoms with E-state index in [1.807, 2.05) is 0 Å². The Morgan fingerprint density at radius 2 is 1.57 bits per heavy atom. The first-order valence-corrected chi connectivity index (χ1v) is 10.4. The molecule has 0 spiro atoms. The Labute approximate surface area is 176 Å². The van der Waals surface area contributed by atoms with E-state index in [9.17, 15) is 13.2 Å². The predicted octanol–water partition coefficient (Wildman–Crippen LogP) is 5.09. The number of anilines is 2. The first kappa shape index (κ1) is 20.4. The number of aromatic nitrogens is 1. The van der Waals surface area contributed by atoms with Gasteiger partial charge in [0.05, 0.1) is 21.8 Å². The Morgan fingerprint density at radius 1 is 0.893 bits per heavy atom. The molecule has 0 bridgehead atoms. The van der Waals surface area contributed by atoms with Crippen molar-refractivity contribution in [1.29, 1.82) is 0 Å². The molecule has 0 radical (unpaired) electrons. The number of nitrogens with one attached hydrogen (secondary N) is 2. The van der Waals surface area contributed by atoms with Crippen LogP contribution in [0.15, 0.2) is 65.7 Å². The van der Waals surface area contributed by atoms with Gasteiger partial charge in [0.15, 0.2) is 5.15 Å². The highest BCUT2D eigenvalue weighted by atomic mass is 35.5. The van der Waals surface area contributed by atoms with E-state index >= 15 is 0 Å². The third-order valence-corrected chi connectivity index (χ3v) is 5.77. The van der Waals surface area contributed by atoms with E-state index in [4.69, 9.17) is 34.8 Å². The van der Waals surface area contributed by atoms with Crippen molar-refractivity contribution in [3.05, 3.63) is 81.6 Å². The standard InChI is InChI=1S/C18H12Cl3N3O3S/c19-11-3-6-13(7-4-11)28(26,27)24-16-10-12(20)5-8-14(16)18(25)23-15-2-1-9-22-17(15)21/h1-10,24H,(H,23,25). The number of hydrogen-bond donors (Lipinski definition) is 2. The van der Waals surface area contributed by atoms with E-state index in [2.05, 4.69) is 15.0 Å². The van der Waals surface area contributed by atoms with Crippen LogP contribution in [0.4, 0.5) is 11.4 Å². The third kappa shape index (κ3) is 4.74. The first-order valence-electron chi connectivity index (χ1n) is 7.76. The summed E-state index contributed by atoms with van der Waals surface area (Å²) in [6.45, 7) is 0. The van der Waals surface area contributed by atoms with Gasteiger partial charge in [0, 0.05) is 16.2 Å². The van der Waals surface area contributed by atoms with Crippen molar-refractivity contribution in [2.75, 3.05) is 10.0 Å². The first-order chi connectivity index (χ1) is 13.3. The van der Waals surface area contributed by atoms with Crippen LogP contribution in [-0.2, 0) is 10.0 Å². The molecule has 0 aliphatic heterocycles. The maximum Gasteiger partial charge on any atom is 0.261 e. The maximum absolute atomic E-state index is 12.7. The topological polar surface area (TPSA) is 88.2 Å². The lowest BCUT2D eigenvalue weighted by atomic mass is 10.1. The summed E-state index contributed by atoms with van der Waals surface area (Å²) in [5.41, 5.74) is 0.359. The average molecular weight is 457 g/mol. The van der Waals surface area contributed by atoms with E-state index in [1.54, 1.807) is 12.1 Å². The molecule has 0 aliphatic carbocycles. The van der Waals surface area contributed by atoms with Crippen LogP contribution >= 0.6 is 34.8 Å². The zero-order chi connectivity index (χ0) is 20.3. The number of amides is 1. The Bertz CT molecular complexity index is 1140. The molecule has 10 heteroatoms. The van der Waals surface area contributed by atoms with E-state index < -0.39 is 15.9 Å².